The van der Waals surface area contributed by atoms with E-state index in [0.29, 0.717) is 12.5 Å². The van der Waals surface area contributed by atoms with Crippen molar-refractivity contribution in [3.8, 4) is 0 Å². The molecule has 1 heterocycles. The predicted octanol–water partition coefficient (Wildman–Crippen LogP) is 1.09. The van der Waals surface area contributed by atoms with Crippen molar-refractivity contribution in [2.45, 2.75) is 26.4 Å². The Labute approximate surface area is 91.3 Å². The van der Waals surface area contributed by atoms with Gasteiger partial charge >= 0.3 is 0 Å². The van der Waals surface area contributed by atoms with E-state index in [2.05, 4.69) is 24.3 Å². The van der Waals surface area contributed by atoms with Crippen LogP contribution in [0, 0.1) is 5.92 Å². The lowest BCUT2D eigenvalue weighted by Gasteiger charge is -2.13. The van der Waals surface area contributed by atoms with E-state index in [1.807, 2.05) is 13.2 Å². The Morgan fingerprint density at radius 2 is 2.27 bits per heavy atom. The summed E-state index contributed by atoms with van der Waals surface area (Å²) in [5, 5.41) is 17.1. The number of nitrogens with one attached hydrogen (secondary N) is 1. The fourth-order valence-electron chi connectivity index (χ4n) is 1.34. The summed E-state index contributed by atoms with van der Waals surface area (Å²) in [5.74, 6) is 0.658. The molecule has 1 aromatic rings. The van der Waals surface area contributed by atoms with Crippen LogP contribution in [0.2, 0.25) is 0 Å². The second kappa shape index (κ2) is 5.88. The zero-order chi connectivity index (χ0) is 11.3. The van der Waals surface area contributed by atoms with Crippen LogP contribution < -0.4 is 5.32 Å². The second-order valence-electron chi connectivity index (χ2n) is 4.13. The van der Waals surface area contributed by atoms with Crippen LogP contribution in [0.1, 0.15) is 31.9 Å². The van der Waals surface area contributed by atoms with Gasteiger partial charge in [0, 0.05) is 25.4 Å². The lowest BCUT2D eigenvalue weighted by molar-refractivity contribution is 0.173. The largest absolute Gasteiger partial charge is 0.387 e. The molecule has 0 saturated carbocycles. The van der Waals surface area contributed by atoms with E-state index in [4.69, 9.17) is 0 Å². The number of aryl methyl sites for hydroxylation is 1. The first kappa shape index (κ1) is 12.2. The Kier molecular flexibility index (Phi) is 4.78. The van der Waals surface area contributed by atoms with E-state index < -0.39 is 6.10 Å². The predicted molar refractivity (Wildman–Crippen MR) is 60.5 cm³/mol. The topological polar surface area (TPSA) is 50.1 Å². The Bertz CT molecular complexity index is 285. The van der Waals surface area contributed by atoms with Gasteiger partial charge in [-0.1, -0.05) is 20.3 Å². The third-order valence-electron chi connectivity index (χ3n) is 2.64. The molecule has 1 aromatic heterocycles. The first-order valence-electron chi connectivity index (χ1n) is 5.50. The second-order valence-corrected chi connectivity index (χ2v) is 4.13. The summed E-state index contributed by atoms with van der Waals surface area (Å²) in [6.45, 7) is 5.91. The normalized spacial score (nSPS) is 15.2. The molecular formula is C11H21N3O. The van der Waals surface area contributed by atoms with Crippen molar-refractivity contribution in [3.63, 3.8) is 0 Å². The first-order chi connectivity index (χ1) is 7.13. The van der Waals surface area contributed by atoms with Gasteiger partial charge in [-0.3, -0.25) is 4.68 Å². The van der Waals surface area contributed by atoms with Gasteiger partial charge in [-0.2, -0.15) is 5.10 Å². The molecular weight excluding hydrogens is 190 g/mol. The van der Waals surface area contributed by atoms with Gasteiger partial charge < -0.3 is 10.4 Å². The Morgan fingerprint density at radius 1 is 1.53 bits per heavy atom. The molecule has 0 aliphatic heterocycles. The van der Waals surface area contributed by atoms with Crippen molar-refractivity contribution >= 4 is 0 Å². The van der Waals surface area contributed by atoms with Crippen molar-refractivity contribution in [2.75, 3.05) is 13.1 Å². The average Bonchev–Trinajstić information content (AvgIpc) is 2.64. The van der Waals surface area contributed by atoms with E-state index >= 15 is 0 Å². The maximum Gasteiger partial charge on any atom is 0.0944 e. The molecule has 2 atom stereocenters. The van der Waals surface area contributed by atoms with E-state index in [-0.39, 0.29) is 0 Å². The summed E-state index contributed by atoms with van der Waals surface area (Å²) in [4.78, 5) is 0. The molecule has 0 aliphatic rings. The van der Waals surface area contributed by atoms with Gasteiger partial charge in [-0.05, 0) is 12.5 Å². The quantitative estimate of drug-likeness (QED) is 0.740. The molecule has 0 saturated heterocycles. The molecule has 2 unspecified atom stereocenters. The standard InChI is InChI=1S/C11H21N3O/c1-4-9(2)5-12-7-11(15)10-6-13-14(3)8-10/h6,8-9,11-12,15H,4-5,7H2,1-3H3. The van der Waals surface area contributed by atoms with Crippen molar-refractivity contribution in [2.24, 2.45) is 13.0 Å². The Morgan fingerprint density at radius 3 is 2.80 bits per heavy atom. The van der Waals surface area contributed by atoms with Gasteiger partial charge in [0.2, 0.25) is 0 Å². The molecule has 0 bridgehead atoms. The van der Waals surface area contributed by atoms with E-state index in [1.165, 1.54) is 0 Å². The highest BCUT2D eigenvalue weighted by Gasteiger charge is 2.09. The minimum absolute atomic E-state index is 0.456. The number of aliphatic hydroxyl groups is 1. The minimum atomic E-state index is -0.456. The van der Waals surface area contributed by atoms with Crippen LogP contribution in [0.5, 0.6) is 0 Å². The highest BCUT2D eigenvalue weighted by Crippen LogP contribution is 2.09. The summed E-state index contributed by atoms with van der Waals surface area (Å²) >= 11 is 0. The van der Waals surface area contributed by atoms with Crippen LogP contribution in [0.3, 0.4) is 0 Å². The molecule has 0 aliphatic carbocycles. The highest BCUT2D eigenvalue weighted by molar-refractivity contribution is 5.07. The van der Waals surface area contributed by atoms with Crippen LogP contribution in [0.4, 0.5) is 0 Å². The van der Waals surface area contributed by atoms with Gasteiger partial charge in [0.05, 0.1) is 12.3 Å². The SMILES string of the molecule is CCC(C)CNCC(O)c1cnn(C)c1. The van der Waals surface area contributed by atoms with Gasteiger partial charge in [0.25, 0.3) is 0 Å². The van der Waals surface area contributed by atoms with E-state index in [0.717, 1.165) is 18.5 Å². The third-order valence-corrected chi connectivity index (χ3v) is 2.64. The van der Waals surface area contributed by atoms with Crippen molar-refractivity contribution in [1.29, 1.82) is 0 Å². The molecule has 0 fully saturated rings. The zero-order valence-corrected chi connectivity index (χ0v) is 9.77. The monoisotopic (exact) mass is 211 g/mol. The van der Waals surface area contributed by atoms with E-state index in [1.54, 1.807) is 10.9 Å². The summed E-state index contributed by atoms with van der Waals surface area (Å²) in [6.07, 6.45) is 4.25. The molecule has 0 spiro atoms. The maximum atomic E-state index is 9.80. The Hall–Kier alpha value is -0.870. The fraction of sp³-hybridized carbons (Fsp3) is 0.727. The van der Waals surface area contributed by atoms with Crippen LogP contribution in [-0.2, 0) is 7.05 Å². The van der Waals surface area contributed by atoms with Gasteiger partial charge in [-0.25, -0.2) is 0 Å². The van der Waals surface area contributed by atoms with Crippen LogP contribution >= 0.6 is 0 Å². The third kappa shape index (κ3) is 4.01. The summed E-state index contributed by atoms with van der Waals surface area (Å²) in [6, 6.07) is 0. The molecule has 4 heteroatoms. The minimum Gasteiger partial charge on any atom is -0.387 e. The molecule has 4 nitrogen and oxygen atoms in total. The van der Waals surface area contributed by atoms with Gasteiger partial charge in [0.15, 0.2) is 0 Å². The number of hydrogen-bond donors (Lipinski definition) is 2. The number of rotatable bonds is 6. The number of aliphatic hydroxyl groups excluding tert-OH is 1. The molecule has 0 aromatic carbocycles. The van der Waals surface area contributed by atoms with Crippen LogP contribution in [0.15, 0.2) is 12.4 Å². The van der Waals surface area contributed by atoms with Gasteiger partial charge in [0.1, 0.15) is 0 Å². The van der Waals surface area contributed by atoms with Crippen molar-refractivity contribution < 1.29 is 5.11 Å². The van der Waals surface area contributed by atoms with E-state index in [9.17, 15) is 5.11 Å². The Balaban J connectivity index is 2.27. The fourth-order valence-corrected chi connectivity index (χ4v) is 1.34. The van der Waals surface area contributed by atoms with Crippen molar-refractivity contribution in [3.05, 3.63) is 18.0 Å². The lowest BCUT2D eigenvalue weighted by atomic mass is 10.1. The smallest absolute Gasteiger partial charge is 0.0944 e. The molecule has 0 radical (unpaired) electrons. The maximum absolute atomic E-state index is 9.80. The molecule has 2 N–H and O–H groups in total. The molecule has 15 heavy (non-hydrogen) atoms. The van der Waals surface area contributed by atoms with Crippen molar-refractivity contribution in [1.82, 2.24) is 15.1 Å². The molecule has 1 rings (SSSR count). The number of aromatic nitrogens is 2. The molecule has 86 valence electrons. The molecule has 0 amide bonds. The summed E-state index contributed by atoms with van der Waals surface area (Å²) in [5.41, 5.74) is 0.870. The highest BCUT2D eigenvalue weighted by atomic mass is 16.3. The average molecular weight is 211 g/mol. The summed E-state index contributed by atoms with van der Waals surface area (Å²) in [7, 11) is 1.85. The summed E-state index contributed by atoms with van der Waals surface area (Å²) < 4.78 is 1.70. The van der Waals surface area contributed by atoms with Crippen LogP contribution in [-0.4, -0.2) is 28.0 Å². The zero-order valence-electron chi connectivity index (χ0n) is 9.77. The number of hydrogen-bond acceptors (Lipinski definition) is 3. The van der Waals surface area contributed by atoms with Gasteiger partial charge in [-0.15, -0.1) is 0 Å². The lowest BCUT2D eigenvalue weighted by Crippen LogP contribution is -2.25. The number of nitrogens with zero attached hydrogens (tertiary/aromatic N) is 2. The van der Waals surface area contributed by atoms with Crippen LogP contribution in [0.25, 0.3) is 0 Å². The first-order valence-corrected chi connectivity index (χ1v) is 5.50.